The Labute approximate surface area is 135 Å². The molecule has 0 aliphatic rings. The molecule has 2 atom stereocenters. The van der Waals surface area contributed by atoms with E-state index in [2.05, 4.69) is 5.32 Å². The van der Waals surface area contributed by atoms with Crippen molar-refractivity contribution < 1.29 is 19.3 Å². The first-order chi connectivity index (χ1) is 11.3. The molecule has 8 nitrogen and oxygen atoms in total. The zero-order valence-corrected chi connectivity index (χ0v) is 12.5. The maximum Gasteiger partial charge on any atom is 0.299 e. The molecular formula is C15H14FN3O5. The summed E-state index contributed by atoms with van der Waals surface area (Å²) in [6.07, 6.45) is -1.06. The van der Waals surface area contributed by atoms with E-state index in [4.69, 9.17) is 0 Å². The highest BCUT2D eigenvalue weighted by molar-refractivity contribution is 5.65. The number of benzene rings is 2. The number of hydrogen-bond acceptors (Lipinski definition) is 6. The second-order valence-corrected chi connectivity index (χ2v) is 5.15. The van der Waals surface area contributed by atoms with Crippen molar-refractivity contribution in [2.45, 2.75) is 19.1 Å². The lowest BCUT2D eigenvalue weighted by atomic mass is 10.0. The standard InChI is InChI=1S/C15H14FN3O5/c1-9(15(20)10-2-4-11(16)5-3-10)17-13-7-6-12(18(21)22)8-14(13)19(23)24/h2-9,15,17,20H,1H3. The number of halogens is 1. The summed E-state index contributed by atoms with van der Waals surface area (Å²) < 4.78 is 12.9. The fourth-order valence-electron chi connectivity index (χ4n) is 2.18. The number of nitrogens with zero attached hydrogens (tertiary/aromatic N) is 2. The molecule has 0 aromatic heterocycles. The summed E-state index contributed by atoms with van der Waals surface area (Å²) in [4.78, 5) is 20.3. The third-order valence-corrected chi connectivity index (χ3v) is 3.46. The summed E-state index contributed by atoms with van der Waals surface area (Å²) in [5.74, 6) is -0.447. The second kappa shape index (κ2) is 7.01. The largest absolute Gasteiger partial charge is 0.386 e. The van der Waals surface area contributed by atoms with Crippen molar-refractivity contribution in [3.05, 3.63) is 74.1 Å². The molecule has 0 aliphatic carbocycles. The topological polar surface area (TPSA) is 119 Å². The van der Waals surface area contributed by atoms with Crippen molar-refractivity contribution in [1.82, 2.24) is 0 Å². The normalized spacial score (nSPS) is 13.1. The Bertz CT molecular complexity index is 766. The maximum atomic E-state index is 12.9. The van der Waals surface area contributed by atoms with Gasteiger partial charge in [0.25, 0.3) is 11.4 Å². The molecular weight excluding hydrogens is 321 g/mol. The van der Waals surface area contributed by atoms with E-state index in [1.165, 1.54) is 30.3 Å². The van der Waals surface area contributed by atoms with Crippen LogP contribution in [0.15, 0.2) is 42.5 Å². The zero-order valence-electron chi connectivity index (χ0n) is 12.5. The third-order valence-electron chi connectivity index (χ3n) is 3.46. The van der Waals surface area contributed by atoms with E-state index in [-0.39, 0.29) is 5.69 Å². The molecule has 9 heteroatoms. The number of nitrogens with one attached hydrogen (secondary N) is 1. The summed E-state index contributed by atoms with van der Waals surface area (Å²) in [7, 11) is 0. The molecule has 2 N–H and O–H groups in total. The van der Waals surface area contributed by atoms with E-state index >= 15 is 0 Å². The van der Waals surface area contributed by atoms with Crippen molar-refractivity contribution >= 4 is 17.1 Å². The van der Waals surface area contributed by atoms with Crippen molar-refractivity contribution in [2.24, 2.45) is 0 Å². The van der Waals surface area contributed by atoms with E-state index in [1.807, 2.05) is 0 Å². The van der Waals surface area contributed by atoms with Crippen LogP contribution in [0.4, 0.5) is 21.5 Å². The number of hydrogen-bond donors (Lipinski definition) is 2. The molecule has 0 saturated carbocycles. The van der Waals surface area contributed by atoms with Gasteiger partial charge in [0, 0.05) is 6.07 Å². The number of anilines is 1. The van der Waals surface area contributed by atoms with E-state index in [0.29, 0.717) is 5.56 Å². The lowest BCUT2D eigenvalue weighted by molar-refractivity contribution is -0.393. The fourth-order valence-corrected chi connectivity index (χ4v) is 2.18. The molecule has 0 saturated heterocycles. The number of nitro groups is 2. The molecule has 2 rings (SSSR count). The monoisotopic (exact) mass is 335 g/mol. The van der Waals surface area contributed by atoms with Crippen LogP contribution in [0.2, 0.25) is 0 Å². The van der Waals surface area contributed by atoms with Crippen molar-refractivity contribution in [2.75, 3.05) is 5.32 Å². The van der Waals surface area contributed by atoms with Gasteiger partial charge in [-0.1, -0.05) is 12.1 Å². The van der Waals surface area contributed by atoms with Crippen LogP contribution in [0, 0.1) is 26.0 Å². The Morgan fingerprint density at radius 1 is 1.08 bits per heavy atom. The van der Waals surface area contributed by atoms with Gasteiger partial charge in [-0.2, -0.15) is 0 Å². The molecule has 2 aromatic rings. The van der Waals surface area contributed by atoms with E-state index in [9.17, 15) is 29.7 Å². The van der Waals surface area contributed by atoms with Crippen LogP contribution in [0.25, 0.3) is 0 Å². The molecule has 2 aromatic carbocycles. The molecule has 0 fully saturated rings. The smallest absolute Gasteiger partial charge is 0.299 e. The predicted molar refractivity (Wildman–Crippen MR) is 84.2 cm³/mol. The molecule has 0 spiro atoms. The van der Waals surface area contributed by atoms with Gasteiger partial charge < -0.3 is 10.4 Å². The Balaban J connectivity index is 2.24. The van der Waals surface area contributed by atoms with Gasteiger partial charge in [0.1, 0.15) is 11.5 Å². The highest BCUT2D eigenvalue weighted by atomic mass is 19.1. The molecule has 0 radical (unpaired) electrons. The number of non-ortho nitro benzene ring substituents is 1. The molecule has 0 aliphatic heterocycles. The number of nitro benzene ring substituents is 2. The van der Waals surface area contributed by atoms with Crippen LogP contribution in [-0.4, -0.2) is 21.0 Å². The molecule has 126 valence electrons. The highest BCUT2D eigenvalue weighted by Gasteiger charge is 2.23. The summed E-state index contributed by atoms with van der Waals surface area (Å²) >= 11 is 0. The second-order valence-electron chi connectivity index (χ2n) is 5.15. The number of aliphatic hydroxyl groups excluding tert-OH is 1. The van der Waals surface area contributed by atoms with Crippen LogP contribution in [0.1, 0.15) is 18.6 Å². The Morgan fingerprint density at radius 2 is 1.71 bits per heavy atom. The minimum atomic E-state index is -1.06. The number of aliphatic hydroxyl groups is 1. The molecule has 0 heterocycles. The van der Waals surface area contributed by atoms with Gasteiger partial charge in [0.15, 0.2) is 0 Å². The summed E-state index contributed by atoms with van der Waals surface area (Å²) in [5.41, 5.74) is -0.401. The molecule has 24 heavy (non-hydrogen) atoms. The number of rotatable bonds is 6. The van der Waals surface area contributed by atoms with E-state index < -0.39 is 39.2 Å². The van der Waals surface area contributed by atoms with Crippen molar-refractivity contribution in [3.8, 4) is 0 Å². The zero-order chi connectivity index (χ0) is 17.9. The molecule has 0 amide bonds. The van der Waals surface area contributed by atoms with Crippen molar-refractivity contribution in [3.63, 3.8) is 0 Å². The van der Waals surface area contributed by atoms with Gasteiger partial charge in [-0.05, 0) is 30.7 Å². The van der Waals surface area contributed by atoms with Crippen molar-refractivity contribution in [1.29, 1.82) is 0 Å². The van der Waals surface area contributed by atoms with E-state index in [0.717, 1.165) is 12.1 Å². The van der Waals surface area contributed by atoms with Crippen LogP contribution in [0.5, 0.6) is 0 Å². The summed E-state index contributed by atoms with van der Waals surface area (Å²) in [6, 6.07) is 7.73. The summed E-state index contributed by atoms with van der Waals surface area (Å²) in [5, 5.41) is 34.8. The van der Waals surface area contributed by atoms with E-state index in [1.54, 1.807) is 6.92 Å². The Kier molecular flexibility index (Phi) is 5.05. The minimum absolute atomic E-state index is 0.0410. The first-order valence-electron chi connectivity index (χ1n) is 6.92. The van der Waals surface area contributed by atoms with Gasteiger partial charge in [-0.3, -0.25) is 20.2 Å². The fraction of sp³-hybridized carbons (Fsp3) is 0.200. The summed E-state index contributed by atoms with van der Waals surface area (Å²) in [6.45, 7) is 1.58. The van der Waals surface area contributed by atoms with Crippen LogP contribution in [0.3, 0.4) is 0 Å². The first kappa shape index (κ1) is 17.3. The van der Waals surface area contributed by atoms with Gasteiger partial charge in [0.2, 0.25) is 0 Å². The van der Waals surface area contributed by atoms with Crippen LogP contribution < -0.4 is 5.32 Å². The molecule has 0 bridgehead atoms. The quantitative estimate of drug-likeness (QED) is 0.618. The van der Waals surface area contributed by atoms with Crippen LogP contribution >= 0.6 is 0 Å². The lowest BCUT2D eigenvalue weighted by Crippen LogP contribution is -2.24. The first-order valence-corrected chi connectivity index (χ1v) is 6.92. The lowest BCUT2D eigenvalue weighted by Gasteiger charge is -2.21. The average Bonchev–Trinajstić information content (AvgIpc) is 2.54. The van der Waals surface area contributed by atoms with Gasteiger partial charge in [0.05, 0.1) is 28.1 Å². The molecule has 2 unspecified atom stereocenters. The Morgan fingerprint density at radius 3 is 2.25 bits per heavy atom. The van der Waals surface area contributed by atoms with Crippen LogP contribution in [-0.2, 0) is 0 Å². The third kappa shape index (κ3) is 3.82. The average molecular weight is 335 g/mol. The van der Waals surface area contributed by atoms with Gasteiger partial charge in [-0.15, -0.1) is 0 Å². The minimum Gasteiger partial charge on any atom is -0.386 e. The predicted octanol–water partition coefficient (Wildman–Crippen LogP) is 3.18. The maximum absolute atomic E-state index is 12.9. The van der Waals surface area contributed by atoms with Gasteiger partial charge in [-0.25, -0.2) is 4.39 Å². The SMILES string of the molecule is CC(Nc1ccc([N+](=O)[O-])cc1[N+](=O)[O-])C(O)c1ccc(F)cc1. The Hall–Kier alpha value is -3.07. The van der Waals surface area contributed by atoms with Gasteiger partial charge >= 0.3 is 0 Å². The highest BCUT2D eigenvalue weighted by Crippen LogP contribution is 2.31.